The van der Waals surface area contributed by atoms with Gasteiger partial charge in [-0.05, 0) is 19.4 Å². The summed E-state index contributed by atoms with van der Waals surface area (Å²) in [6.45, 7) is 2.02. The maximum absolute atomic E-state index is 8.85. The average molecular weight is 170 g/mol. The van der Waals surface area contributed by atoms with E-state index in [0.29, 0.717) is 6.42 Å². The van der Waals surface area contributed by atoms with Gasteiger partial charge in [-0.3, -0.25) is 0 Å². The summed E-state index contributed by atoms with van der Waals surface area (Å²) in [4.78, 5) is 0. The molecule has 0 bridgehead atoms. The van der Waals surface area contributed by atoms with Crippen molar-refractivity contribution in [2.75, 3.05) is 6.61 Å². The van der Waals surface area contributed by atoms with Crippen LogP contribution in [-0.2, 0) is 13.0 Å². The molecule has 1 heterocycles. The number of hydrogen-bond acceptors (Lipinski definition) is 3. The molecule has 0 radical (unpaired) electrons. The predicted molar refractivity (Wildman–Crippen MR) is 44.8 cm³/mol. The first-order valence-electron chi connectivity index (χ1n) is 4.08. The van der Waals surface area contributed by atoms with Crippen molar-refractivity contribution in [1.29, 1.82) is 0 Å². The zero-order chi connectivity index (χ0) is 8.97. The number of aliphatic hydroxyl groups excluding tert-OH is 2. The summed E-state index contributed by atoms with van der Waals surface area (Å²) in [6, 6.07) is 1.84. The van der Waals surface area contributed by atoms with Crippen molar-refractivity contribution < 1.29 is 14.6 Å². The molecule has 1 aromatic heterocycles. The minimum Gasteiger partial charge on any atom is -0.466 e. The van der Waals surface area contributed by atoms with Gasteiger partial charge in [0.15, 0.2) is 0 Å². The summed E-state index contributed by atoms with van der Waals surface area (Å²) in [5.41, 5.74) is 0.836. The molecule has 12 heavy (non-hydrogen) atoms. The van der Waals surface area contributed by atoms with E-state index in [0.717, 1.165) is 23.5 Å². The Bertz CT molecular complexity index is 240. The third-order valence-corrected chi connectivity index (χ3v) is 1.82. The van der Waals surface area contributed by atoms with Crippen LogP contribution in [0.3, 0.4) is 0 Å². The SMILES string of the molecule is Cc1oc(CCCO)cc1CO. The molecule has 0 aliphatic rings. The fourth-order valence-corrected chi connectivity index (χ4v) is 1.12. The lowest BCUT2D eigenvalue weighted by atomic mass is 10.2. The van der Waals surface area contributed by atoms with Crippen molar-refractivity contribution >= 4 is 0 Å². The molecule has 3 heteroatoms. The molecule has 0 amide bonds. The third-order valence-electron chi connectivity index (χ3n) is 1.82. The van der Waals surface area contributed by atoms with Crippen molar-refractivity contribution in [2.45, 2.75) is 26.4 Å². The van der Waals surface area contributed by atoms with E-state index in [9.17, 15) is 0 Å². The molecule has 0 aromatic carbocycles. The monoisotopic (exact) mass is 170 g/mol. The smallest absolute Gasteiger partial charge is 0.106 e. The first-order chi connectivity index (χ1) is 5.77. The summed E-state index contributed by atoms with van der Waals surface area (Å²) in [5, 5.41) is 17.4. The van der Waals surface area contributed by atoms with Crippen molar-refractivity contribution in [1.82, 2.24) is 0 Å². The lowest BCUT2D eigenvalue weighted by Crippen LogP contribution is -1.86. The Morgan fingerprint density at radius 1 is 1.42 bits per heavy atom. The molecule has 0 spiro atoms. The number of furan rings is 1. The summed E-state index contributed by atoms with van der Waals surface area (Å²) in [7, 11) is 0. The molecule has 0 fully saturated rings. The number of aryl methyl sites for hydroxylation is 2. The van der Waals surface area contributed by atoms with Gasteiger partial charge in [-0.1, -0.05) is 0 Å². The van der Waals surface area contributed by atoms with Crippen LogP contribution in [0.25, 0.3) is 0 Å². The van der Waals surface area contributed by atoms with Crippen LogP contribution < -0.4 is 0 Å². The van der Waals surface area contributed by atoms with Gasteiger partial charge < -0.3 is 14.6 Å². The molecule has 0 atom stereocenters. The minimum atomic E-state index is 0.0223. The summed E-state index contributed by atoms with van der Waals surface area (Å²) in [5.74, 6) is 1.61. The summed E-state index contributed by atoms with van der Waals surface area (Å²) < 4.78 is 5.34. The number of aliphatic hydroxyl groups is 2. The van der Waals surface area contributed by atoms with Gasteiger partial charge >= 0.3 is 0 Å². The predicted octanol–water partition coefficient (Wildman–Crippen LogP) is 1.01. The van der Waals surface area contributed by atoms with Gasteiger partial charge in [-0.2, -0.15) is 0 Å². The van der Waals surface area contributed by atoms with E-state index in [1.54, 1.807) is 0 Å². The van der Waals surface area contributed by atoms with E-state index >= 15 is 0 Å². The quantitative estimate of drug-likeness (QED) is 0.709. The Morgan fingerprint density at radius 2 is 2.17 bits per heavy atom. The van der Waals surface area contributed by atoms with E-state index in [-0.39, 0.29) is 13.2 Å². The second-order valence-electron chi connectivity index (χ2n) is 2.78. The fourth-order valence-electron chi connectivity index (χ4n) is 1.12. The van der Waals surface area contributed by atoms with Crippen molar-refractivity contribution in [3.8, 4) is 0 Å². The van der Waals surface area contributed by atoms with E-state index in [2.05, 4.69) is 0 Å². The molecule has 0 unspecified atom stereocenters. The van der Waals surface area contributed by atoms with E-state index < -0.39 is 0 Å². The minimum absolute atomic E-state index is 0.0223. The number of rotatable bonds is 4. The average Bonchev–Trinajstić information content (AvgIpc) is 2.43. The van der Waals surface area contributed by atoms with Crippen molar-refractivity contribution in [3.63, 3.8) is 0 Å². The van der Waals surface area contributed by atoms with Gasteiger partial charge in [0, 0.05) is 18.6 Å². The molecule has 2 N–H and O–H groups in total. The molecule has 68 valence electrons. The molecular formula is C9H14O3. The van der Waals surface area contributed by atoms with Crippen LogP contribution in [0.2, 0.25) is 0 Å². The number of hydrogen-bond donors (Lipinski definition) is 2. The van der Waals surface area contributed by atoms with Gasteiger partial charge in [0.05, 0.1) is 6.61 Å². The van der Waals surface area contributed by atoms with E-state index in [1.165, 1.54) is 0 Å². The fraction of sp³-hybridized carbons (Fsp3) is 0.556. The standard InChI is InChI=1S/C9H14O3/c1-7-8(6-11)5-9(12-7)3-2-4-10/h5,10-11H,2-4,6H2,1H3. The summed E-state index contributed by atoms with van der Waals surface area (Å²) in [6.07, 6.45) is 1.44. The molecule has 0 aliphatic heterocycles. The second-order valence-corrected chi connectivity index (χ2v) is 2.78. The molecule has 1 aromatic rings. The second kappa shape index (κ2) is 4.28. The molecular weight excluding hydrogens is 156 g/mol. The largest absolute Gasteiger partial charge is 0.466 e. The van der Waals surface area contributed by atoms with E-state index in [1.807, 2.05) is 13.0 Å². The van der Waals surface area contributed by atoms with Crippen LogP contribution in [-0.4, -0.2) is 16.8 Å². The van der Waals surface area contributed by atoms with Gasteiger partial charge in [0.2, 0.25) is 0 Å². The Hall–Kier alpha value is -0.800. The molecule has 1 rings (SSSR count). The topological polar surface area (TPSA) is 53.6 Å². The van der Waals surface area contributed by atoms with Crippen molar-refractivity contribution in [3.05, 3.63) is 23.2 Å². The third kappa shape index (κ3) is 2.09. The van der Waals surface area contributed by atoms with Crippen LogP contribution in [0, 0.1) is 6.92 Å². The maximum atomic E-state index is 8.85. The van der Waals surface area contributed by atoms with Crippen molar-refractivity contribution in [2.24, 2.45) is 0 Å². The van der Waals surface area contributed by atoms with Gasteiger partial charge in [-0.15, -0.1) is 0 Å². The Labute approximate surface area is 71.6 Å². The molecule has 0 saturated carbocycles. The highest BCUT2D eigenvalue weighted by atomic mass is 16.3. The molecule has 0 aliphatic carbocycles. The zero-order valence-electron chi connectivity index (χ0n) is 7.21. The van der Waals surface area contributed by atoms with Crippen LogP contribution in [0.15, 0.2) is 10.5 Å². The van der Waals surface area contributed by atoms with E-state index in [4.69, 9.17) is 14.6 Å². The Balaban J connectivity index is 2.62. The highest BCUT2D eigenvalue weighted by Crippen LogP contribution is 2.15. The highest BCUT2D eigenvalue weighted by molar-refractivity contribution is 5.19. The van der Waals surface area contributed by atoms with Gasteiger partial charge in [-0.25, -0.2) is 0 Å². The maximum Gasteiger partial charge on any atom is 0.106 e. The zero-order valence-corrected chi connectivity index (χ0v) is 7.21. The van der Waals surface area contributed by atoms with Crippen LogP contribution in [0.4, 0.5) is 0 Å². The highest BCUT2D eigenvalue weighted by Gasteiger charge is 2.05. The van der Waals surface area contributed by atoms with Gasteiger partial charge in [0.25, 0.3) is 0 Å². The lowest BCUT2D eigenvalue weighted by molar-refractivity contribution is 0.278. The van der Waals surface area contributed by atoms with Crippen LogP contribution in [0.5, 0.6) is 0 Å². The first kappa shape index (κ1) is 9.29. The summed E-state index contributed by atoms with van der Waals surface area (Å²) >= 11 is 0. The molecule has 3 nitrogen and oxygen atoms in total. The molecule has 0 saturated heterocycles. The lowest BCUT2D eigenvalue weighted by Gasteiger charge is -1.91. The first-order valence-corrected chi connectivity index (χ1v) is 4.08. The Kier molecular flexibility index (Phi) is 3.31. The van der Waals surface area contributed by atoms with Crippen LogP contribution in [0.1, 0.15) is 23.5 Å². The van der Waals surface area contributed by atoms with Gasteiger partial charge in [0.1, 0.15) is 11.5 Å². The Morgan fingerprint density at radius 3 is 2.67 bits per heavy atom. The normalized spacial score (nSPS) is 10.6. The van der Waals surface area contributed by atoms with Crippen LogP contribution >= 0.6 is 0 Å².